The summed E-state index contributed by atoms with van der Waals surface area (Å²) in [7, 11) is 0. The second-order valence-electron chi connectivity index (χ2n) is 4.28. The van der Waals surface area contributed by atoms with E-state index in [4.69, 9.17) is 0 Å². The quantitative estimate of drug-likeness (QED) is 0.564. The average Bonchev–Trinajstić information content (AvgIpc) is 2.34. The molecule has 0 nitrogen and oxygen atoms in total. The minimum absolute atomic E-state index is 0.511. The first-order chi connectivity index (χ1) is 7.93. The second kappa shape index (κ2) is 3.97. The standard InChI is InChI=1S/C16H14/c1-2-4-7-14-8-5-9-15-11-10-13(6-3-1)12-16(14)15/h1-12,15-16H/b2-1+,6-3?,7-4-. The normalized spacial score (nSPS) is 34.0. The minimum Gasteiger partial charge on any atom is -0.0767 e. The molecule has 78 valence electrons. The van der Waals surface area contributed by atoms with E-state index in [1.807, 2.05) is 0 Å². The van der Waals surface area contributed by atoms with Crippen LogP contribution in [-0.2, 0) is 0 Å². The molecule has 0 amide bonds. The van der Waals surface area contributed by atoms with Crippen LogP contribution in [0, 0.1) is 11.8 Å². The predicted octanol–water partition coefficient (Wildman–Crippen LogP) is 3.89. The molecule has 16 heavy (non-hydrogen) atoms. The first-order valence-corrected chi connectivity index (χ1v) is 5.73. The Hall–Kier alpha value is -1.82. The largest absolute Gasteiger partial charge is 0.0767 e. The van der Waals surface area contributed by atoms with E-state index >= 15 is 0 Å². The summed E-state index contributed by atoms with van der Waals surface area (Å²) < 4.78 is 0. The van der Waals surface area contributed by atoms with Gasteiger partial charge >= 0.3 is 0 Å². The van der Waals surface area contributed by atoms with E-state index in [0.29, 0.717) is 11.8 Å². The van der Waals surface area contributed by atoms with Gasteiger partial charge in [0.15, 0.2) is 0 Å². The van der Waals surface area contributed by atoms with Crippen molar-refractivity contribution in [1.82, 2.24) is 0 Å². The van der Waals surface area contributed by atoms with Gasteiger partial charge in [-0.1, -0.05) is 72.9 Å². The average molecular weight is 206 g/mol. The van der Waals surface area contributed by atoms with Gasteiger partial charge in [0.2, 0.25) is 0 Å². The lowest BCUT2D eigenvalue weighted by molar-refractivity contribution is 0.633. The lowest BCUT2D eigenvalue weighted by atomic mass is 9.77. The molecule has 0 fully saturated rings. The summed E-state index contributed by atoms with van der Waals surface area (Å²) in [6, 6.07) is 0. The summed E-state index contributed by atoms with van der Waals surface area (Å²) >= 11 is 0. The first kappa shape index (κ1) is 9.41. The molecule has 0 saturated carbocycles. The Balaban J connectivity index is 2.09. The summed E-state index contributed by atoms with van der Waals surface area (Å²) in [6.07, 6.45) is 26.3. The third-order valence-electron chi connectivity index (χ3n) is 3.22. The fourth-order valence-electron chi connectivity index (χ4n) is 2.36. The molecule has 0 radical (unpaired) electrons. The number of hydrogen-bond acceptors (Lipinski definition) is 0. The first-order valence-electron chi connectivity index (χ1n) is 5.73. The molecule has 0 N–H and O–H groups in total. The molecule has 0 aliphatic heterocycles. The molecule has 2 bridgehead atoms. The number of allylic oxidation sites excluding steroid dienone is 14. The lowest BCUT2D eigenvalue weighted by Gasteiger charge is -2.27. The van der Waals surface area contributed by atoms with Gasteiger partial charge in [0.1, 0.15) is 0 Å². The fraction of sp³-hybridized carbons (Fsp3) is 0.125. The van der Waals surface area contributed by atoms with Crippen molar-refractivity contribution in [3.63, 3.8) is 0 Å². The molecule has 0 saturated heterocycles. The van der Waals surface area contributed by atoms with Crippen molar-refractivity contribution in [3.8, 4) is 0 Å². The van der Waals surface area contributed by atoms with Gasteiger partial charge in [0, 0.05) is 11.8 Å². The van der Waals surface area contributed by atoms with Crippen molar-refractivity contribution >= 4 is 0 Å². The van der Waals surface area contributed by atoms with Crippen molar-refractivity contribution < 1.29 is 0 Å². The van der Waals surface area contributed by atoms with Crippen molar-refractivity contribution in [3.05, 3.63) is 84.1 Å². The van der Waals surface area contributed by atoms with Crippen molar-refractivity contribution in [2.24, 2.45) is 11.8 Å². The molecule has 0 heterocycles. The van der Waals surface area contributed by atoms with Crippen molar-refractivity contribution in [2.45, 2.75) is 0 Å². The summed E-state index contributed by atoms with van der Waals surface area (Å²) in [4.78, 5) is 0. The SMILES string of the molecule is C1=CC2C=CC3=CC2C(=C1)/C=C\C=C\C=C3. The van der Waals surface area contributed by atoms with E-state index in [-0.39, 0.29) is 0 Å². The molecule has 3 aliphatic rings. The summed E-state index contributed by atoms with van der Waals surface area (Å²) in [5.74, 6) is 1.04. The van der Waals surface area contributed by atoms with E-state index in [0.717, 1.165) is 0 Å². The second-order valence-corrected chi connectivity index (χ2v) is 4.28. The Morgan fingerprint density at radius 2 is 1.62 bits per heavy atom. The summed E-state index contributed by atoms with van der Waals surface area (Å²) in [5, 5.41) is 0. The van der Waals surface area contributed by atoms with Gasteiger partial charge in [-0.3, -0.25) is 0 Å². The highest BCUT2D eigenvalue weighted by atomic mass is 14.3. The molecule has 0 aromatic heterocycles. The van der Waals surface area contributed by atoms with Crippen LogP contribution in [0.25, 0.3) is 0 Å². The van der Waals surface area contributed by atoms with Crippen molar-refractivity contribution in [2.75, 3.05) is 0 Å². The molecular weight excluding hydrogens is 192 g/mol. The van der Waals surface area contributed by atoms with Crippen LogP contribution in [0.15, 0.2) is 84.1 Å². The Bertz CT molecular complexity index is 490. The Morgan fingerprint density at radius 3 is 2.56 bits per heavy atom. The van der Waals surface area contributed by atoms with Crippen LogP contribution in [0.4, 0.5) is 0 Å². The Morgan fingerprint density at radius 1 is 0.750 bits per heavy atom. The van der Waals surface area contributed by atoms with E-state index in [1.54, 1.807) is 0 Å². The highest BCUT2D eigenvalue weighted by Crippen LogP contribution is 2.34. The van der Waals surface area contributed by atoms with Crippen LogP contribution in [0.5, 0.6) is 0 Å². The molecule has 0 spiro atoms. The molecule has 0 heteroatoms. The van der Waals surface area contributed by atoms with E-state index in [9.17, 15) is 0 Å². The van der Waals surface area contributed by atoms with E-state index < -0.39 is 0 Å². The molecule has 0 aromatic carbocycles. The van der Waals surface area contributed by atoms with Crippen LogP contribution in [0.1, 0.15) is 0 Å². The van der Waals surface area contributed by atoms with Gasteiger partial charge < -0.3 is 0 Å². The van der Waals surface area contributed by atoms with E-state index in [1.165, 1.54) is 11.1 Å². The third-order valence-corrected chi connectivity index (χ3v) is 3.22. The topological polar surface area (TPSA) is 0 Å². The van der Waals surface area contributed by atoms with Gasteiger partial charge in [-0.25, -0.2) is 0 Å². The zero-order valence-electron chi connectivity index (χ0n) is 9.08. The van der Waals surface area contributed by atoms with Crippen LogP contribution in [0.3, 0.4) is 0 Å². The maximum Gasteiger partial charge on any atom is 0.0125 e. The number of hydrogen-bond donors (Lipinski definition) is 0. The highest BCUT2D eigenvalue weighted by Gasteiger charge is 2.22. The van der Waals surface area contributed by atoms with Crippen LogP contribution in [0.2, 0.25) is 0 Å². The third kappa shape index (κ3) is 1.67. The maximum atomic E-state index is 2.36. The van der Waals surface area contributed by atoms with Gasteiger partial charge in [-0.05, 0) is 11.1 Å². The molecule has 2 atom stereocenters. The van der Waals surface area contributed by atoms with Crippen LogP contribution < -0.4 is 0 Å². The summed E-state index contributed by atoms with van der Waals surface area (Å²) in [6.45, 7) is 0. The van der Waals surface area contributed by atoms with Gasteiger partial charge in [-0.2, -0.15) is 0 Å². The zero-order valence-corrected chi connectivity index (χ0v) is 9.08. The Kier molecular flexibility index (Phi) is 2.34. The summed E-state index contributed by atoms with van der Waals surface area (Å²) in [5.41, 5.74) is 2.71. The predicted molar refractivity (Wildman–Crippen MR) is 68.8 cm³/mol. The number of rotatable bonds is 0. The monoisotopic (exact) mass is 206 g/mol. The maximum absolute atomic E-state index is 2.36. The van der Waals surface area contributed by atoms with Crippen LogP contribution >= 0.6 is 0 Å². The van der Waals surface area contributed by atoms with Gasteiger partial charge in [0.25, 0.3) is 0 Å². The fourth-order valence-corrected chi connectivity index (χ4v) is 2.36. The van der Waals surface area contributed by atoms with Gasteiger partial charge in [0.05, 0.1) is 0 Å². The smallest absolute Gasteiger partial charge is 0.0125 e. The zero-order chi connectivity index (χ0) is 10.8. The molecule has 3 aliphatic carbocycles. The molecular formula is C16H14. The molecule has 0 aromatic rings. The Labute approximate surface area is 96.4 Å². The molecule has 3 rings (SSSR count). The van der Waals surface area contributed by atoms with Crippen molar-refractivity contribution in [1.29, 1.82) is 0 Å². The van der Waals surface area contributed by atoms with Gasteiger partial charge in [-0.15, -0.1) is 0 Å². The highest BCUT2D eigenvalue weighted by molar-refractivity contribution is 5.46. The van der Waals surface area contributed by atoms with Crippen LogP contribution in [-0.4, -0.2) is 0 Å². The minimum atomic E-state index is 0.511. The lowest BCUT2D eigenvalue weighted by Crippen LogP contribution is -2.15. The van der Waals surface area contributed by atoms with E-state index in [2.05, 4.69) is 72.9 Å². The molecule has 2 unspecified atom stereocenters.